The van der Waals surface area contributed by atoms with Crippen LogP contribution in [0.1, 0.15) is 50.7 Å². The molecule has 0 bridgehead atoms. The number of aliphatic hydroxyl groups is 1. The van der Waals surface area contributed by atoms with E-state index in [9.17, 15) is 5.11 Å². The van der Waals surface area contributed by atoms with Crippen molar-refractivity contribution in [1.29, 1.82) is 0 Å². The molecular weight excluding hydrogens is 324 g/mol. The van der Waals surface area contributed by atoms with Gasteiger partial charge in [-0.1, -0.05) is 31.2 Å². The van der Waals surface area contributed by atoms with Gasteiger partial charge in [0.25, 0.3) is 0 Å². The summed E-state index contributed by atoms with van der Waals surface area (Å²) in [5.74, 6) is 0.833. The van der Waals surface area contributed by atoms with Crippen molar-refractivity contribution in [1.82, 2.24) is 15.5 Å². The zero-order valence-corrected chi connectivity index (χ0v) is 16.3. The van der Waals surface area contributed by atoms with E-state index in [0.717, 1.165) is 56.8 Å². The molecule has 5 heteroatoms. The smallest absolute Gasteiger partial charge is 0.191 e. The number of nitrogens with zero attached hydrogens (tertiary/aromatic N) is 2. The number of rotatable bonds is 6. The molecular formula is C21H34N4O. The van der Waals surface area contributed by atoms with Gasteiger partial charge < -0.3 is 20.6 Å². The molecule has 144 valence electrons. The molecule has 5 nitrogen and oxygen atoms in total. The molecule has 0 amide bonds. The van der Waals surface area contributed by atoms with Crippen LogP contribution in [0.15, 0.2) is 29.3 Å². The van der Waals surface area contributed by atoms with E-state index in [2.05, 4.69) is 35.4 Å². The topological polar surface area (TPSA) is 59.9 Å². The first-order chi connectivity index (χ1) is 12.6. The molecule has 1 atom stereocenters. The molecule has 1 aliphatic carbocycles. The largest absolute Gasteiger partial charge is 0.383 e. The van der Waals surface area contributed by atoms with Gasteiger partial charge in [0.1, 0.15) is 5.60 Å². The van der Waals surface area contributed by atoms with Gasteiger partial charge in [-0.15, -0.1) is 0 Å². The van der Waals surface area contributed by atoms with Gasteiger partial charge in [-0.3, -0.25) is 0 Å². The van der Waals surface area contributed by atoms with E-state index in [4.69, 9.17) is 4.99 Å². The van der Waals surface area contributed by atoms with Crippen LogP contribution < -0.4 is 10.6 Å². The van der Waals surface area contributed by atoms with Crippen molar-refractivity contribution in [3.8, 4) is 0 Å². The molecule has 1 aliphatic heterocycles. The number of benzene rings is 1. The summed E-state index contributed by atoms with van der Waals surface area (Å²) in [6, 6.07) is 8.68. The number of aryl methyl sites for hydroxylation is 1. The summed E-state index contributed by atoms with van der Waals surface area (Å²) in [5.41, 5.74) is 1.47. The highest BCUT2D eigenvalue weighted by Gasteiger charge is 2.36. The van der Waals surface area contributed by atoms with Gasteiger partial charge in [0.05, 0.1) is 6.54 Å². The van der Waals surface area contributed by atoms with E-state index in [0.29, 0.717) is 12.6 Å². The maximum Gasteiger partial charge on any atom is 0.191 e. The predicted octanol–water partition coefficient (Wildman–Crippen LogP) is 2.25. The number of nitrogens with one attached hydrogen (secondary N) is 2. The quantitative estimate of drug-likeness (QED) is 0.539. The van der Waals surface area contributed by atoms with Crippen molar-refractivity contribution < 1.29 is 5.11 Å². The van der Waals surface area contributed by atoms with Crippen molar-refractivity contribution in [2.24, 2.45) is 4.99 Å². The van der Waals surface area contributed by atoms with E-state index in [1.165, 1.54) is 18.5 Å². The predicted molar refractivity (Wildman–Crippen MR) is 108 cm³/mol. The summed E-state index contributed by atoms with van der Waals surface area (Å²) in [5, 5.41) is 18.0. The number of piperidine rings is 1. The van der Waals surface area contributed by atoms with E-state index in [-0.39, 0.29) is 0 Å². The average Bonchev–Trinajstić information content (AvgIpc) is 3.00. The minimum Gasteiger partial charge on any atom is -0.383 e. The fraction of sp³-hybridized carbons (Fsp3) is 0.667. The maximum absolute atomic E-state index is 11.1. The lowest BCUT2D eigenvalue weighted by molar-refractivity contribution is 0.0485. The summed E-state index contributed by atoms with van der Waals surface area (Å²) in [6.07, 6.45) is 5.21. The summed E-state index contributed by atoms with van der Waals surface area (Å²) >= 11 is 0. The summed E-state index contributed by atoms with van der Waals surface area (Å²) in [4.78, 5) is 7.29. The molecule has 1 heterocycles. The van der Waals surface area contributed by atoms with Crippen LogP contribution in [0.2, 0.25) is 0 Å². The lowest BCUT2D eigenvalue weighted by Gasteiger charge is -2.33. The Bertz CT molecular complexity index is 610. The first-order valence-corrected chi connectivity index (χ1v) is 10.2. The van der Waals surface area contributed by atoms with Gasteiger partial charge in [-0.25, -0.2) is 4.99 Å². The molecule has 0 aromatic heterocycles. The van der Waals surface area contributed by atoms with Crippen molar-refractivity contribution >= 4 is 5.96 Å². The van der Waals surface area contributed by atoms with Crippen LogP contribution in [-0.2, 0) is 12.0 Å². The van der Waals surface area contributed by atoms with Crippen LogP contribution in [0, 0.1) is 0 Å². The summed E-state index contributed by atoms with van der Waals surface area (Å²) in [7, 11) is 0. The van der Waals surface area contributed by atoms with Crippen LogP contribution in [0.5, 0.6) is 0 Å². The third-order valence-corrected chi connectivity index (χ3v) is 5.64. The van der Waals surface area contributed by atoms with Crippen molar-refractivity contribution in [2.45, 2.75) is 57.6 Å². The summed E-state index contributed by atoms with van der Waals surface area (Å²) < 4.78 is 0. The van der Waals surface area contributed by atoms with Crippen molar-refractivity contribution in [3.05, 3.63) is 35.4 Å². The minimum atomic E-state index is -0.830. The molecule has 1 saturated heterocycles. The second-order valence-electron chi connectivity index (χ2n) is 7.64. The van der Waals surface area contributed by atoms with Gasteiger partial charge >= 0.3 is 0 Å². The fourth-order valence-electron chi connectivity index (χ4n) is 4.17. The Balaban J connectivity index is 1.60. The Morgan fingerprint density at radius 1 is 1.27 bits per heavy atom. The number of fused-ring (bicyclic) bond motifs is 1. The van der Waals surface area contributed by atoms with Gasteiger partial charge in [0.2, 0.25) is 0 Å². The SMILES string of the molecule is CCCN1CCC(NC(=NCC2(O)CCc3ccccc32)NCC)CC1. The van der Waals surface area contributed by atoms with Gasteiger partial charge in [-0.2, -0.15) is 0 Å². The van der Waals surface area contributed by atoms with Crippen LogP contribution in [0.4, 0.5) is 0 Å². The number of likely N-dealkylation sites (tertiary alicyclic amines) is 1. The lowest BCUT2D eigenvalue weighted by Crippen LogP contribution is -2.49. The highest BCUT2D eigenvalue weighted by atomic mass is 16.3. The molecule has 1 aromatic rings. The molecule has 3 N–H and O–H groups in total. The highest BCUT2D eigenvalue weighted by molar-refractivity contribution is 5.80. The van der Waals surface area contributed by atoms with E-state index < -0.39 is 5.60 Å². The van der Waals surface area contributed by atoms with Gasteiger partial charge in [-0.05, 0) is 56.7 Å². The molecule has 1 fully saturated rings. The molecule has 2 aliphatic rings. The van der Waals surface area contributed by atoms with Crippen molar-refractivity contribution in [2.75, 3.05) is 32.7 Å². The Morgan fingerprint density at radius 3 is 2.77 bits per heavy atom. The second-order valence-corrected chi connectivity index (χ2v) is 7.64. The maximum atomic E-state index is 11.1. The third kappa shape index (κ3) is 4.57. The number of hydrogen-bond donors (Lipinski definition) is 3. The molecule has 0 spiro atoms. The van der Waals surface area contributed by atoms with Gasteiger partial charge in [0.15, 0.2) is 5.96 Å². The Morgan fingerprint density at radius 2 is 2.04 bits per heavy atom. The monoisotopic (exact) mass is 358 g/mol. The lowest BCUT2D eigenvalue weighted by atomic mass is 9.96. The Kier molecular flexibility index (Phi) is 6.54. The van der Waals surface area contributed by atoms with Crippen LogP contribution in [0.25, 0.3) is 0 Å². The van der Waals surface area contributed by atoms with Crippen LogP contribution in [0.3, 0.4) is 0 Å². The summed E-state index contributed by atoms with van der Waals surface area (Å²) in [6.45, 7) is 9.08. The zero-order chi connectivity index (χ0) is 18.4. The number of hydrogen-bond acceptors (Lipinski definition) is 3. The Hall–Kier alpha value is -1.59. The molecule has 0 saturated carbocycles. The molecule has 1 unspecified atom stereocenters. The Labute approximate surface area is 157 Å². The second kappa shape index (κ2) is 8.87. The third-order valence-electron chi connectivity index (χ3n) is 5.64. The molecule has 1 aromatic carbocycles. The fourth-order valence-corrected chi connectivity index (χ4v) is 4.17. The number of aliphatic imine (C=N–C) groups is 1. The first-order valence-electron chi connectivity index (χ1n) is 10.2. The molecule has 3 rings (SSSR count). The van der Waals surface area contributed by atoms with E-state index in [1.54, 1.807) is 0 Å². The van der Waals surface area contributed by atoms with Gasteiger partial charge in [0, 0.05) is 25.7 Å². The normalized spacial score (nSPS) is 24.5. The molecule has 0 radical (unpaired) electrons. The molecule has 26 heavy (non-hydrogen) atoms. The number of guanidine groups is 1. The van der Waals surface area contributed by atoms with E-state index in [1.807, 2.05) is 18.2 Å². The standard InChI is InChI=1S/C21H34N4O/c1-3-13-25-14-10-18(11-15-25)24-20(22-4-2)23-16-21(26)12-9-17-7-5-6-8-19(17)21/h5-8,18,26H,3-4,9-16H2,1-2H3,(H2,22,23,24). The first kappa shape index (κ1) is 19.2. The highest BCUT2D eigenvalue weighted by Crippen LogP contribution is 2.36. The van der Waals surface area contributed by atoms with Crippen molar-refractivity contribution in [3.63, 3.8) is 0 Å². The average molecular weight is 359 g/mol. The van der Waals surface area contributed by atoms with E-state index >= 15 is 0 Å². The minimum absolute atomic E-state index is 0.411. The van der Waals surface area contributed by atoms with Crippen LogP contribution in [-0.4, -0.2) is 54.7 Å². The zero-order valence-electron chi connectivity index (χ0n) is 16.3. The van der Waals surface area contributed by atoms with Crippen LogP contribution >= 0.6 is 0 Å².